The smallest absolute Gasteiger partial charge is 0.414 e. The summed E-state index contributed by atoms with van der Waals surface area (Å²) in [5, 5.41) is 18.6. The number of halogens is 10. The molecule has 0 spiro atoms. The summed E-state index contributed by atoms with van der Waals surface area (Å²) in [5.41, 5.74) is 6.09. The van der Waals surface area contributed by atoms with E-state index in [1.807, 2.05) is 33.8 Å². The van der Waals surface area contributed by atoms with E-state index >= 15 is 0 Å². The first kappa shape index (κ1) is 110. The molecular weight excluding hydrogens is 1890 g/mol. The van der Waals surface area contributed by atoms with Gasteiger partial charge in [0.25, 0.3) is 10.0 Å². The SMILES string of the molecule is C.C.C/C(=N\NS(=O)(=O)c1ccc(C)cc1)C(Cl)Cl.CC(C)(C)OC(=O)NCC1CO1.CC(C)(C)OC(=O)NC[C@H]1CN(c2ccc(N3C=CC(=O)CC3)c(F)c2F)C(=O)O1.Cc1cn(C[C@H]2CN(c3ccc(N4C=CC(=O)CC4)c(F)c3F)C(=O)O2)nn1.NC[C@H]1CN(c2ccc(N3C=CC(=O)CC3)c(F)c2F)C(=O)O1.O=C1C=CN(c2ccc(NC(=O)OCc3ccccc3)c(F)c2F)CC1. The number of ketones is 4. The molecular formula is C92H106Cl2F8N16O19S. The third-order valence-electron chi connectivity index (χ3n) is 20.0. The van der Waals surface area contributed by atoms with E-state index in [1.54, 1.807) is 70.3 Å². The molecule has 9 heterocycles. The predicted molar refractivity (Wildman–Crippen MR) is 499 cm³/mol. The molecule has 1 unspecified atom stereocenters. The summed E-state index contributed by atoms with van der Waals surface area (Å²) in [5.74, 6) is -9.35. The number of carbonyl (C=O) groups is 10. The highest BCUT2D eigenvalue weighted by Crippen LogP contribution is 2.38. The first-order valence-electron chi connectivity index (χ1n) is 42.1. The molecule has 7 aromatic rings. The molecule has 744 valence electrons. The number of alkyl carbamates (subject to hydrolysis) is 2. The highest BCUT2D eigenvalue weighted by Gasteiger charge is 2.40. The number of nitrogens with zero attached hydrogens (tertiary/aromatic N) is 11. The maximum Gasteiger partial charge on any atom is 0.414 e. The number of carbonyl (C=O) groups excluding carboxylic acids is 10. The Morgan fingerprint density at radius 1 is 0.514 bits per heavy atom. The average Bonchev–Trinajstić information content (AvgIpc) is 1.60. The van der Waals surface area contributed by atoms with E-state index in [-0.39, 0.29) is 204 Å². The topological polar surface area (TPSA) is 413 Å². The molecule has 35 nitrogen and oxygen atoms in total. The molecule has 6 N–H and O–H groups in total. The summed E-state index contributed by atoms with van der Waals surface area (Å²) >= 11 is 11.0. The van der Waals surface area contributed by atoms with Gasteiger partial charge in [-0.2, -0.15) is 13.5 Å². The molecule has 4 fully saturated rings. The van der Waals surface area contributed by atoms with E-state index in [2.05, 4.69) is 36.2 Å². The normalized spacial score (nSPS) is 17.7. The number of hydrogen-bond donors (Lipinski definition) is 5. The molecule has 0 saturated carbocycles. The number of aryl methyl sites for hydroxylation is 2. The Labute approximate surface area is 800 Å². The van der Waals surface area contributed by atoms with Gasteiger partial charge in [-0.3, -0.25) is 39.2 Å². The number of rotatable bonds is 21. The van der Waals surface area contributed by atoms with Crippen LogP contribution in [0.5, 0.6) is 0 Å². The molecule has 46 heteroatoms. The van der Waals surface area contributed by atoms with Crippen LogP contribution in [0, 0.1) is 60.4 Å². The lowest BCUT2D eigenvalue weighted by Crippen LogP contribution is -2.38. The minimum atomic E-state index is -3.66. The molecule has 8 aliphatic rings. The number of aromatic nitrogens is 3. The monoisotopic (exact) mass is 1990 g/mol. The van der Waals surface area contributed by atoms with Gasteiger partial charge in [0.2, 0.25) is 0 Å². The lowest BCUT2D eigenvalue weighted by Gasteiger charge is -2.24. The Morgan fingerprint density at radius 2 is 0.884 bits per heavy atom. The van der Waals surface area contributed by atoms with Crippen molar-refractivity contribution >= 4 is 144 Å². The van der Waals surface area contributed by atoms with Crippen molar-refractivity contribution < 1.29 is 125 Å². The van der Waals surface area contributed by atoms with Crippen molar-refractivity contribution in [3.05, 3.63) is 222 Å². The van der Waals surface area contributed by atoms with Crippen molar-refractivity contribution in [3.63, 3.8) is 0 Å². The van der Waals surface area contributed by atoms with Crippen molar-refractivity contribution in [2.45, 2.75) is 161 Å². The summed E-state index contributed by atoms with van der Waals surface area (Å²) < 4.78 is 176. The summed E-state index contributed by atoms with van der Waals surface area (Å²) in [7, 11) is -3.66. The van der Waals surface area contributed by atoms with Crippen LogP contribution < -0.4 is 60.8 Å². The first-order chi connectivity index (χ1) is 64.3. The van der Waals surface area contributed by atoms with Crippen LogP contribution in [-0.4, -0.2) is 201 Å². The zero-order valence-electron chi connectivity index (χ0n) is 74.9. The minimum absolute atomic E-state index is 0. The van der Waals surface area contributed by atoms with Crippen LogP contribution in [0.25, 0.3) is 0 Å². The van der Waals surface area contributed by atoms with Gasteiger partial charge >= 0.3 is 36.6 Å². The Kier molecular flexibility index (Phi) is 39.2. The number of cyclic esters (lactones) is 3. The van der Waals surface area contributed by atoms with E-state index < -0.39 is 121 Å². The van der Waals surface area contributed by atoms with Crippen LogP contribution in [0.3, 0.4) is 0 Å². The van der Waals surface area contributed by atoms with Gasteiger partial charge < -0.3 is 69.1 Å². The number of alkyl halides is 2. The number of amides is 6. The van der Waals surface area contributed by atoms with Crippen molar-refractivity contribution in [3.8, 4) is 0 Å². The van der Waals surface area contributed by atoms with Gasteiger partial charge in [0.1, 0.15) is 41.0 Å². The molecule has 15 rings (SSSR count). The largest absolute Gasteiger partial charge is 0.444 e. The molecule has 0 bridgehead atoms. The number of allylic oxidation sites excluding steroid dienone is 4. The number of hydrazone groups is 1. The minimum Gasteiger partial charge on any atom is -0.444 e. The molecule has 8 aliphatic heterocycles. The van der Waals surface area contributed by atoms with Crippen LogP contribution in [0.2, 0.25) is 0 Å². The number of sulfonamides is 1. The van der Waals surface area contributed by atoms with Gasteiger partial charge in [0.05, 0.1) is 107 Å². The zero-order valence-corrected chi connectivity index (χ0v) is 77.2. The second kappa shape index (κ2) is 49.3. The molecule has 4 saturated heterocycles. The lowest BCUT2D eigenvalue weighted by molar-refractivity contribution is -0.115. The zero-order chi connectivity index (χ0) is 99.2. The van der Waals surface area contributed by atoms with Gasteiger partial charge in [-0.05, 0) is 153 Å². The Morgan fingerprint density at radius 3 is 1.25 bits per heavy atom. The van der Waals surface area contributed by atoms with Crippen LogP contribution in [-0.2, 0) is 75.5 Å². The number of epoxide rings is 1. The number of benzene rings is 6. The third-order valence-corrected chi connectivity index (χ3v) is 21.8. The predicted octanol–water partition coefficient (Wildman–Crippen LogP) is 15.5. The standard InChI is InChI=1S/C20H23F2N3O5.C19H16F2N2O3.C18H17F2N5O3.C15H15F2N3O3.C10H12Cl2N2O2S.C8H15NO3.2CH4/c1-20(2,3)30-18(27)23-10-13-11-25(19(28)29-13)15-5-4-14(16(21)17(15)22)24-8-6-12(26)7-9-24;20-17-15(22-19(25)26-12-13-4-2-1-3-5-13)6-7-16(18(17)21)23-10-8-14(24)9-11-23;1-11-8-24(22-21-11)9-13-10-25(18(27)28-13)15-3-2-14(16(19)17(15)20)23-6-4-12(26)5-7-23;16-13-11(19-5-3-9(21)4-6-19)1-2-12(14(13)17)20-8-10(7-18)23-15(20)22;1-7-3-5-9(6-4-7)17(15,16)14-13-8(2)10(11)12;1-8(2,3)12-7(10)9-4-6-5-11-6;;/h4-6,8,13H,7,9-11H2,1-3H3,(H,23,27);1-8,10H,9,11-12H2,(H,22,25);2-4,6,8,13H,5,7,9-10H2,1H3;1-3,5,10H,4,6-8,18H2;3-6,10,14H,1-2H3;6H,4-5H2,1-3H3,(H,9,10);2*1H4/b;;;;13-8+;;;/t13-;;13-;10-;;;;/m0.00..../s1. The summed E-state index contributed by atoms with van der Waals surface area (Å²) in [4.78, 5) is 126. The Balaban J connectivity index is 0.000000206. The molecule has 138 heavy (non-hydrogen) atoms. The fourth-order valence-electron chi connectivity index (χ4n) is 13.0. The first-order valence-corrected chi connectivity index (χ1v) is 44.5. The van der Waals surface area contributed by atoms with E-state index in [0.29, 0.717) is 6.54 Å². The molecule has 0 aliphatic carbocycles. The fraction of sp³-hybridized carbons (Fsp3) is 0.380. The lowest BCUT2D eigenvalue weighted by atomic mass is 10.1. The van der Waals surface area contributed by atoms with E-state index in [1.165, 1.54) is 141 Å². The number of ether oxygens (including phenoxy) is 7. The second-order valence-electron chi connectivity index (χ2n) is 32.9. The molecule has 6 amide bonds. The maximum absolute atomic E-state index is 14.7. The van der Waals surface area contributed by atoms with E-state index in [4.69, 9.17) is 62.1 Å². The number of hydrogen-bond acceptors (Lipinski definition) is 27. The molecule has 0 radical (unpaired) electrons. The quantitative estimate of drug-likeness (QED) is 0.0111. The van der Waals surface area contributed by atoms with Crippen molar-refractivity contribution in [2.75, 3.05) is 112 Å². The second-order valence-corrected chi connectivity index (χ2v) is 35.7. The van der Waals surface area contributed by atoms with Gasteiger partial charge in [-0.1, -0.05) is 91.3 Å². The van der Waals surface area contributed by atoms with Crippen LogP contribution >= 0.6 is 23.2 Å². The van der Waals surface area contributed by atoms with Crippen LogP contribution in [0.15, 0.2) is 168 Å². The average molecular weight is 1990 g/mol. The van der Waals surface area contributed by atoms with E-state index in [0.717, 1.165) is 38.1 Å². The van der Waals surface area contributed by atoms with Crippen LogP contribution in [0.1, 0.15) is 106 Å². The van der Waals surface area contributed by atoms with Crippen LogP contribution in [0.4, 0.5) is 109 Å². The summed E-state index contributed by atoms with van der Waals surface area (Å²) in [6, 6.07) is 26.0. The van der Waals surface area contributed by atoms with Crippen molar-refractivity contribution in [2.24, 2.45) is 10.8 Å². The number of nitrogens with one attached hydrogen (secondary N) is 4. The summed E-state index contributed by atoms with van der Waals surface area (Å²) in [6.45, 7) is 18.6. The highest BCUT2D eigenvalue weighted by atomic mass is 35.5. The van der Waals surface area contributed by atoms with Crippen molar-refractivity contribution in [1.29, 1.82) is 0 Å². The molecule has 6 aromatic carbocycles. The van der Waals surface area contributed by atoms with Gasteiger partial charge in [-0.25, -0.2) is 73.4 Å². The fourth-order valence-corrected chi connectivity index (χ4v) is 13.9. The number of anilines is 8. The summed E-state index contributed by atoms with van der Waals surface area (Å²) in [6.07, 6.45) is 7.53. The van der Waals surface area contributed by atoms with Gasteiger partial charge in [0, 0.05) is 95.9 Å². The molecule has 4 atom stereocenters. The van der Waals surface area contributed by atoms with Gasteiger partial charge in [-0.15, -0.1) is 5.10 Å². The van der Waals surface area contributed by atoms with E-state index in [9.17, 15) is 91.5 Å². The maximum atomic E-state index is 14.7. The third kappa shape index (κ3) is 31.4. The highest BCUT2D eigenvalue weighted by molar-refractivity contribution is 7.89. The van der Waals surface area contributed by atoms with Gasteiger partial charge in [0.15, 0.2) is 69.7 Å². The molecule has 1 aromatic heterocycles. The Hall–Kier alpha value is -13.7. The van der Waals surface area contributed by atoms with Crippen molar-refractivity contribution in [1.82, 2.24) is 30.5 Å². The number of nitrogens with two attached hydrogens (primary N) is 1. The Bertz CT molecular complexity index is 5850.